The third kappa shape index (κ3) is 5.93. The van der Waals surface area contributed by atoms with Gasteiger partial charge in [-0.3, -0.25) is 9.59 Å². The van der Waals surface area contributed by atoms with Crippen LogP contribution in [-0.2, 0) is 29.8 Å². The van der Waals surface area contributed by atoms with Crippen molar-refractivity contribution in [3.63, 3.8) is 0 Å². The van der Waals surface area contributed by atoms with Crippen molar-refractivity contribution in [3.05, 3.63) is 47.3 Å². The van der Waals surface area contributed by atoms with Crippen molar-refractivity contribution in [1.29, 1.82) is 0 Å². The molecule has 31 heavy (non-hydrogen) atoms. The van der Waals surface area contributed by atoms with E-state index in [9.17, 15) is 18.0 Å². The summed E-state index contributed by atoms with van der Waals surface area (Å²) in [5.41, 5.74) is 1.82. The highest BCUT2D eigenvalue weighted by Gasteiger charge is 2.33. The molecule has 1 saturated heterocycles. The highest BCUT2D eigenvalue weighted by atomic mass is 32.2. The number of nitrogens with one attached hydrogen (secondary N) is 1. The standard InChI is InChI=1S/C22H28N2O5S2/c1-22(2,3)17-6-8-18(9-7-17)23-19(25)15-29-21(26)16-10-12-24(13-11-16)31(27,28)20-5-4-14-30-20/h4-9,14,16H,10-13,15H2,1-3H3,(H,23,25). The minimum atomic E-state index is -3.50. The van der Waals surface area contributed by atoms with Crippen molar-refractivity contribution in [2.45, 2.75) is 43.2 Å². The summed E-state index contributed by atoms with van der Waals surface area (Å²) in [5, 5.41) is 4.44. The highest BCUT2D eigenvalue weighted by Crippen LogP contribution is 2.27. The van der Waals surface area contributed by atoms with Crippen LogP contribution in [0.3, 0.4) is 0 Å². The molecule has 2 aromatic rings. The molecule has 1 N–H and O–H groups in total. The van der Waals surface area contributed by atoms with E-state index in [-0.39, 0.29) is 25.1 Å². The largest absolute Gasteiger partial charge is 0.455 e. The molecule has 1 aromatic carbocycles. The van der Waals surface area contributed by atoms with Gasteiger partial charge in [0.2, 0.25) is 0 Å². The lowest BCUT2D eigenvalue weighted by atomic mass is 9.87. The van der Waals surface area contributed by atoms with Gasteiger partial charge in [0.1, 0.15) is 4.21 Å². The van der Waals surface area contributed by atoms with Crippen molar-refractivity contribution in [3.8, 4) is 0 Å². The van der Waals surface area contributed by atoms with E-state index in [1.165, 1.54) is 15.6 Å². The van der Waals surface area contributed by atoms with Crippen LogP contribution < -0.4 is 5.32 Å². The number of carbonyl (C=O) groups is 2. The molecule has 0 unspecified atom stereocenters. The van der Waals surface area contributed by atoms with Gasteiger partial charge in [-0.15, -0.1) is 11.3 Å². The normalized spacial score (nSPS) is 16.1. The molecule has 9 heteroatoms. The number of thiophene rings is 1. The quantitative estimate of drug-likeness (QED) is 0.659. The molecule has 1 amide bonds. The van der Waals surface area contributed by atoms with Gasteiger partial charge < -0.3 is 10.1 Å². The van der Waals surface area contributed by atoms with Crippen LogP contribution in [0, 0.1) is 5.92 Å². The molecule has 0 spiro atoms. The van der Waals surface area contributed by atoms with Gasteiger partial charge in [-0.1, -0.05) is 39.0 Å². The van der Waals surface area contributed by atoms with Gasteiger partial charge in [0.15, 0.2) is 6.61 Å². The first-order chi connectivity index (χ1) is 14.6. The fourth-order valence-electron chi connectivity index (χ4n) is 3.37. The first kappa shape index (κ1) is 23.4. The zero-order valence-electron chi connectivity index (χ0n) is 18.0. The molecule has 168 valence electrons. The Morgan fingerprint density at radius 2 is 1.77 bits per heavy atom. The second kappa shape index (κ2) is 9.50. The molecule has 1 aliphatic heterocycles. The number of amides is 1. The van der Waals surface area contributed by atoms with Crippen molar-refractivity contribution in [1.82, 2.24) is 4.31 Å². The lowest BCUT2D eigenvalue weighted by Crippen LogP contribution is -2.40. The van der Waals surface area contributed by atoms with Crippen LogP contribution >= 0.6 is 11.3 Å². The predicted octanol–water partition coefficient (Wildman–Crippen LogP) is 3.63. The van der Waals surface area contributed by atoms with E-state index in [1.54, 1.807) is 17.5 Å². The smallest absolute Gasteiger partial charge is 0.309 e. The zero-order chi connectivity index (χ0) is 22.6. The Hall–Kier alpha value is -2.23. The summed E-state index contributed by atoms with van der Waals surface area (Å²) < 4.78 is 32.0. The van der Waals surface area contributed by atoms with Crippen LogP contribution in [0.2, 0.25) is 0 Å². The molecule has 1 fully saturated rings. The first-order valence-electron chi connectivity index (χ1n) is 10.2. The summed E-state index contributed by atoms with van der Waals surface area (Å²) in [7, 11) is -3.50. The summed E-state index contributed by atoms with van der Waals surface area (Å²) in [6, 6.07) is 10.8. The Bertz CT molecular complexity index is 1000. The fraction of sp³-hybridized carbons (Fsp3) is 0.455. The van der Waals surface area contributed by atoms with E-state index >= 15 is 0 Å². The van der Waals surface area contributed by atoms with E-state index in [1.807, 2.05) is 24.3 Å². The first-order valence-corrected chi connectivity index (χ1v) is 12.5. The zero-order valence-corrected chi connectivity index (χ0v) is 19.6. The second-order valence-electron chi connectivity index (χ2n) is 8.59. The lowest BCUT2D eigenvalue weighted by Gasteiger charge is -2.29. The maximum absolute atomic E-state index is 12.6. The number of hydrogen-bond donors (Lipinski definition) is 1. The molecular weight excluding hydrogens is 436 g/mol. The maximum atomic E-state index is 12.6. The number of piperidine rings is 1. The molecule has 2 heterocycles. The minimum Gasteiger partial charge on any atom is -0.455 e. The van der Waals surface area contributed by atoms with E-state index in [4.69, 9.17) is 4.74 Å². The van der Waals surface area contributed by atoms with Gasteiger partial charge in [-0.05, 0) is 47.4 Å². The Balaban J connectivity index is 1.44. The second-order valence-corrected chi connectivity index (χ2v) is 11.7. The third-order valence-electron chi connectivity index (χ3n) is 5.26. The minimum absolute atomic E-state index is 0.0246. The van der Waals surface area contributed by atoms with Crippen LogP contribution in [-0.4, -0.2) is 44.3 Å². The number of rotatable bonds is 6. The fourth-order valence-corrected chi connectivity index (χ4v) is 5.99. The van der Waals surface area contributed by atoms with Crippen molar-refractivity contribution in [2.24, 2.45) is 5.92 Å². The average molecular weight is 465 g/mol. The van der Waals surface area contributed by atoms with Crippen molar-refractivity contribution in [2.75, 3.05) is 25.0 Å². The molecule has 0 saturated carbocycles. The van der Waals surface area contributed by atoms with Crippen LogP contribution in [0.4, 0.5) is 5.69 Å². The van der Waals surface area contributed by atoms with Crippen LogP contribution in [0.1, 0.15) is 39.2 Å². The van der Waals surface area contributed by atoms with Gasteiger partial charge >= 0.3 is 5.97 Å². The van der Waals surface area contributed by atoms with Crippen molar-refractivity contribution < 1.29 is 22.7 Å². The number of anilines is 1. The van der Waals surface area contributed by atoms with Gasteiger partial charge in [-0.2, -0.15) is 4.31 Å². The van der Waals surface area contributed by atoms with E-state index in [0.717, 1.165) is 5.56 Å². The number of ether oxygens (including phenoxy) is 1. The predicted molar refractivity (Wildman–Crippen MR) is 121 cm³/mol. The molecular formula is C22H28N2O5S2. The van der Waals surface area contributed by atoms with Crippen LogP contribution in [0.5, 0.6) is 0 Å². The summed E-state index contributed by atoms with van der Waals surface area (Å²) in [5.74, 6) is -1.28. The van der Waals surface area contributed by atoms with E-state index in [2.05, 4.69) is 26.1 Å². The third-order valence-corrected chi connectivity index (χ3v) is 8.53. The molecule has 3 rings (SSSR count). The summed E-state index contributed by atoms with van der Waals surface area (Å²) in [6.07, 6.45) is 0.749. The van der Waals surface area contributed by atoms with Crippen LogP contribution in [0.25, 0.3) is 0 Å². The van der Waals surface area contributed by atoms with Crippen LogP contribution in [0.15, 0.2) is 46.0 Å². The topological polar surface area (TPSA) is 92.8 Å². The van der Waals surface area contributed by atoms with E-state index < -0.39 is 27.8 Å². The Labute approximate surface area is 187 Å². The number of nitrogens with zero attached hydrogens (tertiary/aromatic N) is 1. The molecule has 0 bridgehead atoms. The van der Waals surface area contributed by atoms with E-state index in [0.29, 0.717) is 22.7 Å². The molecule has 0 atom stereocenters. The number of sulfonamides is 1. The molecule has 0 radical (unpaired) electrons. The molecule has 7 nitrogen and oxygen atoms in total. The van der Waals surface area contributed by atoms with Gasteiger partial charge in [0.25, 0.3) is 15.9 Å². The molecule has 1 aromatic heterocycles. The summed E-state index contributed by atoms with van der Waals surface area (Å²) >= 11 is 1.18. The number of esters is 1. The average Bonchev–Trinajstić information content (AvgIpc) is 3.28. The Morgan fingerprint density at radius 1 is 1.13 bits per heavy atom. The van der Waals surface area contributed by atoms with Gasteiger partial charge in [0.05, 0.1) is 5.92 Å². The summed E-state index contributed by atoms with van der Waals surface area (Å²) in [6.45, 7) is 6.48. The summed E-state index contributed by atoms with van der Waals surface area (Å²) in [4.78, 5) is 24.4. The molecule has 0 aliphatic carbocycles. The van der Waals surface area contributed by atoms with Gasteiger partial charge in [-0.25, -0.2) is 8.42 Å². The maximum Gasteiger partial charge on any atom is 0.309 e. The Morgan fingerprint density at radius 3 is 2.32 bits per heavy atom. The molecule has 1 aliphatic rings. The number of carbonyl (C=O) groups excluding carboxylic acids is 2. The van der Waals surface area contributed by atoms with Crippen molar-refractivity contribution >= 4 is 38.9 Å². The number of hydrogen-bond acceptors (Lipinski definition) is 6. The van der Waals surface area contributed by atoms with Gasteiger partial charge in [0, 0.05) is 18.8 Å². The highest BCUT2D eigenvalue weighted by molar-refractivity contribution is 7.91. The monoisotopic (exact) mass is 464 g/mol. The number of benzene rings is 1. The Kier molecular flexibility index (Phi) is 7.18. The SMILES string of the molecule is CC(C)(C)c1ccc(NC(=O)COC(=O)C2CCN(S(=O)(=O)c3cccs3)CC2)cc1. The lowest BCUT2D eigenvalue weighted by molar-refractivity contribution is -0.152.